The lowest BCUT2D eigenvalue weighted by atomic mass is 10.0. The first-order chi connectivity index (χ1) is 10.3. The van der Waals surface area contributed by atoms with Crippen LogP contribution in [0.5, 0.6) is 0 Å². The summed E-state index contributed by atoms with van der Waals surface area (Å²) in [6, 6.07) is 14.6. The average Bonchev–Trinajstić information content (AvgIpc) is 2.98. The molecule has 3 aromatic rings. The zero-order chi connectivity index (χ0) is 14.7. The molecule has 0 radical (unpaired) electrons. The van der Waals surface area contributed by atoms with Crippen molar-refractivity contribution in [1.82, 2.24) is 14.5 Å². The second kappa shape index (κ2) is 5.79. The Balaban J connectivity index is 2.06. The van der Waals surface area contributed by atoms with Crippen molar-refractivity contribution in [2.75, 3.05) is 5.73 Å². The van der Waals surface area contributed by atoms with Crippen LogP contribution in [-0.4, -0.2) is 14.5 Å². The van der Waals surface area contributed by atoms with Gasteiger partial charge < -0.3 is 10.3 Å². The van der Waals surface area contributed by atoms with Crippen LogP contribution in [0.2, 0.25) is 0 Å². The molecule has 0 spiro atoms. The SMILES string of the molecule is CCC(c1ccccc1)n1cncc1-c1ccnc(N)c1. The average molecular weight is 278 g/mol. The van der Waals surface area contributed by atoms with E-state index in [1.54, 1.807) is 6.20 Å². The zero-order valence-corrected chi connectivity index (χ0v) is 12.0. The highest BCUT2D eigenvalue weighted by Crippen LogP contribution is 2.28. The number of nitrogen functional groups attached to an aromatic ring is 1. The van der Waals surface area contributed by atoms with Gasteiger partial charge in [0.25, 0.3) is 0 Å². The van der Waals surface area contributed by atoms with Gasteiger partial charge in [0, 0.05) is 11.8 Å². The Morgan fingerprint density at radius 1 is 1.19 bits per heavy atom. The van der Waals surface area contributed by atoms with Crippen molar-refractivity contribution >= 4 is 5.82 Å². The van der Waals surface area contributed by atoms with Gasteiger partial charge in [-0.1, -0.05) is 37.3 Å². The molecule has 4 nitrogen and oxygen atoms in total. The Morgan fingerprint density at radius 3 is 2.71 bits per heavy atom. The number of hydrogen-bond acceptors (Lipinski definition) is 3. The molecule has 0 bridgehead atoms. The fraction of sp³-hybridized carbons (Fsp3) is 0.176. The molecule has 1 unspecified atom stereocenters. The summed E-state index contributed by atoms with van der Waals surface area (Å²) in [4.78, 5) is 8.37. The second-order valence-electron chi connectivity index (χ2n) is 4.99. The molecule has 2 heterocycles. The van der Waals surface area contributed by atoms with E-state index in [1.165, 1.54) is 5.56 Å². The minimum atomic E-state index is 0.262. The molecule has 106 valence electrons. The molecule has 0 aliphatic carbocycles. The summed E-state index contributed by atoms with van der Waals surface area (Å²) in [5.74, 6) is 0.521. The highest BCUT2D eigenvalue weighted by Gasteiger charge is 2.15. The molecule has 0 saturated carbocycles. The highest BCUT2D eigenvalue weighted by molar-refractivity contribution is 5.62. The number of aromatic nitrogens is 3. The Hall–Kier alpha value is -2.62. The quantitative estimate of drug-likeness (QED) is 0.794. The van der Waals surface area contributed by atoms with E-state index < -0.39 is 0 Å². The van der Waals surface area contributed by atoms with Gasteiger partial charge in [0.1, 0.15) is 5.82 Å². The molecule has 0 aliphatic heterocycles. The maximum absolute atomic E-state index is 5.79. The van der Waals surface area contributed by atoms with Gasteiger partial charge in [-0.05, 0) is 24.1 Å². The number of pyridine rings is 1. The molecule has 0 amide bonds. The van der Waals surface area contributed by atoms with Gasteiger partial charge in [0.05, 0.1) is 24.3 Å². The third-order valence-corrected chi connectivity index (χ3v) is 3.65. The number of rotatable bonds is 4. The molecule has 1 atom stereocenters. The summed E-state index contributed by atoms with van der Waals surface area (Å²) >= 11 is 0. The number of nitrogens with two attached hydrogens (primary N) is 1. The van der Waals surface area contributed by atoms with Crippen molar-refractivity contribution in [2.24, 2.45) is 0 Å². The summed E-state index contributed by atoms with van der Waals surface area (Å²) in [6.45, 7) is 2.18. The van der Waals surface area contributed by atoms with E-state index in [0.717, 1.165) is 17.7 Å². The molecule has 2 aromatic heterocycles. The summed E-state index contributed by atoms with van der Waals surface area (Å²) in [5, 5.41) is 0. The number of benzene rings is 1. The molecule has 0 saturated heterocycles. The predicted octanol–water partition coefficient (Wildman–Crippen LogP) is 3.53. The van der Waals surface area contributed by atoms with Crippen molar-refractivity contribution in [2.45, 2.75) is 19.4 Å². The van der Waals surface area contributed by atoms with Gasteiger partial charge >= 0.3 is 0 Å². The minimum Gasteiger partial charge on any atom is -0.384 e. The molecule has 3 rings (SSSR count). The highest BCUT2D eigenvalue weighted by atomic mass is 15.1. The van der Waals surface area contributed by atoms with Gasteiger partial charge in [0.15, 0.2) is 0 Å². The van der Waals surface area contributed by atoms with Gasteiger partial charge in [-0.15, -0.1) is 0 Å². The zero-order valence-electron chi connectivity index (χ0n) is 12.0. The lowest BCUT2D eigenvalue weighted by Gasteiger charge is -2.20. The third-order valence-electron chi connectivity index (χ3n) is 3.65. The molecule has 0 fully saturated rings. The molecular formula is C17H18N4. The number of nitrogens with zero attached hydrogens (tertiary/aromatic N) is 3. The van der Waals surface area contributed by atoms with Crippen LogP contribution < -0.4 is 5.73 Å². The van der Waals surface area contributed by atoms with Crippen LogP contribution in [0.25, 0.3) is 11.3 Å². The number of imidazole rings is 1. The normalized spacial score (nSPS) is 12.2. The van der Waals surface area contributed by atoms with Crippen LogP contribution in [0, 0.1) is 0 Å². The lowest BCUT2D eigenvalue weighted by Crippen LogP contribution is -2.10. The van der Waals surface area contributed by atoms with Gasteiger partial charge in [-0.25, -0.2) is 9.97 Å². The van der Waals surface area contributed by atoms with E-state index in [9.17, 15) is 0 Å². The van der Waals surface area contributed by atoms with Crippen molar-refractivity contribution in [3.05, 3.63) is 66.7 Å². The van der Waals surface area contributed by atoms with Crippen LogP contribution in [0.3, 0.4) is 0 Å². The largest absolute Gasteiger partial charge is 0.384 e. The van der Waals surface area contributed by atoms with Crippen molar-refractivity contribution in [1.29, 1.82) is 0 Å². The summed E-state index contributed by atoms with van der Waals surface area (Å²) in [6.07, 6.45) is 6.48. The Bertz CT molecular complexity index is 718. The predicted molar refractivity (Wildman–Crippen MR) is 84.7 cm³/mol. The van der Waals surface area contributed by atoms with E-state index in [4.69, 9.17) is 5.73 Å². The maximum atomic E-state index is 5.79. The van der Waals surface area contributed by atoms with Crippen LogP contribution in [0.15, 0.2) is 61.2 Å². The first kappa shape index (κ1) is 13.4. The summed E-state index contributed by atoms with van der Waals surface area (Å²) in [5.41, 5.74) is 9.16. The van der Waals surface area contributed by atoms with Crippen LogP contribution in [0.4, 0.5) is 5.82 Å². The van der Waals surface area contributed by atoms with Crippen molar-refractivity contribution in [3.8, 4) is 11.3 Å². The van der Waals surface area contributed by atoms with Crippen molar-refractivity contribution in [3.63, 3.8) is 0 Å². The summed E-state index contributed by atoms with van der Waals surface area (Å²) in [7, 11) is 0. The topological polar surface area (TPSA) is 56.7 Å². The Kier molecular flexibility index (Phi) is 3.69. The van der Waals surface area contributed by atoms with Gasteiger partial charge in [0.2, 0.25) is 0 Å². The van der Waals surface area contributed by atoms with Gasteiger partial charge in [-0.2, -0.15) is 0 Å². The fourth-order valence-corrected chi connectivity index (χ4v) is 2.65. The van der Waals surface area contributed by atoms with Crippen LogP contribution >= 0.6 is 0 Å². The smallest absolute Gasteiger partial charge is 0.123 e. The molecule has 4 heteroatoms. The first-order valence-corrected chi connectivity index (χ1v) is 7.08. The van der Waals surface area contributed by atoms with E-state index in [0.29, 0.717) is 5.82 Å². The minimum absolute atomic E-state index is 0.262. The van der Waals surface area contributed by atoms with Crippen molar-refractivity contribution < 1.29 is 0 Å². The molecule has 21 heavy (non-hydrogen) atoms. The number of anilines is 1. The fourth-order valence-electron chi connectivity index (χ4n) is 2.65. The van der Waals surface area contributed by atoms with E-state index in [2.05, 4.69) is 45.7 Å². The molecule has 1 aromatic carbocycles. The molecule has 0 aliphatic rings. The molecular weight excluding hydrogens is 260 g/mol. The first-order valence-electron chi connectivity index (χ1n) is 7.08. The standard InChI is InChI=1S/C17H18N4/c1-2-15(13-6-4-3-5-7-13)21-12-19-11-16(21)14-8-9-20-17(18)10-14/h3-12,15H,2H2,1H3,(H2,18,20). The summed E-state index contributed by atoms with van der Waals surface area (Å²) < 4.78 is 2.20. The monoisotopic (exact) mass is 278 g/mol. The van der Waals surface area contributed by atoms with Crippen LogP contribution in [-0.2, 0) is 0 Å². The third kappa shape index (κ3) is 2.65. The maximum Gasteiger partial charge on any atom is 0.123 e. The van der Waals surface area contributed by atoms with E-state index >= 15 is 0 Å². The lowest BCUT2D eigenvalue weighted by molar-refractivity contribution is 0.571. The molecule has 2 N–H and O–H groups in total. The second-order valence-corrected chi connectivity index (χ2v) is 4.99. The van der Waals surface area contributed by atoms with Gasteiger partial charge in [-0.3, -0.25) is 0 Å². The number of hydrogen-bond donors (Lipinski definition) is 1. The van der Waals surface area contributed by atoms with E-state index in [1.807, 2.05) is 30.7 Å². The van der Waals surface area contributed by atoms with E-state index in [-0.39, 0.29) is 6.04 Å². The van der Waals surface area contributed by atoms with Crippen LogP contribution in [0.1, 0.15) is 24.9 Å². The Morgan fingerprint density at radius 2 is 2.00 bits per heavy atom. The Labute approximate surface area is 124 Å².